The molecule has 0 saturated carbocycles. The quantitative estimate of drug-likeness (QED) is 0.576. The first kappa shape index (κ1) is 20.6. The van der Waals surface area contributed by atoms with Crippen molar-refractivity contribution >= 4 is 15.7 Å². The summed E-state index contributed by atoms with van der Waals surface area (Å²) in [5, 5.41) is -0.129. The molecule has 6 nitrogen and oxygen atoms in total. The van der Waals surface area contributed by atoms with Crippen molar-refractivity contribution in [1.82, 2.24) is 9.88 Å². The number of anilines is 1. The number of sulfone groups is 1. The van der Waals surface area contributed by atoms with Crippen molar-refractivity contribution in [3.63, 3.8) is 0 Å². The third-order valence-electron chi connectivity index (χ3n) is 5.33. The molecule has 30 heavy (non-hydrogen) atoms. The Kier molecular flexibility index (Phi) is 5.62. The number of oxazole rings is 1. The third-order valence-corrected chi connectivity index (χ3v) is 7.00. The van der Waals surface area contributed by atoms with Crippen LogP contribution in [-0.4, -0.2) is 51.0 Å². The van der Waals surface area contributed by atoms with E-state index in [0.717, 1.165) is 37.3 Å². The summed E-state index contributed by atoms with van der Waals surface area (Å²) in [6, 6.07) is 12.3. The van der Waals surface area contributed by atoms with E-state index in [0.29, 0.717) is 18.7 Å². The molecule has 2 aromatic carbocycles. The van der Waals surface area contributed by atoms with Crippen LogP contribution < -0.4 is 4.90 Å². The van der Waals surface area contributed by atoms with Crippen LogP contribution in [-0.2, 0) is 9.84 Å². The van der Waals surface area contributed by atoms with Crippen LogP contribution in [0.2, 0.25) is 0 Å². The Balaban J connectivity index is 1.80. The molecule has 0 N–H and O–H groups in total. The number of rotatable bonds is 5. The Labute approximate surface area is 175 Å². The molecule has 1 fully saturated rings. The molecule has 0 radical (unpaired) electrons. The lowest BCUT2D eigenvalue weighted by Crippen LogP contribution is -2.46. The van der Waals surface area contributed by atoms with Crippen LogP contribution in [0, 0.1) is 12.7 Å². The number of nitrogens with zero attached hydrogens (tertiary/aromatic N) is 3. The van der Waals surface area contributed by atoms with Gasteiger partial charge in [-0.3, -0.25) is 0 Å². The first-order chi connectivity index (χ1) is 14.4. The van der Waals surface area contributed by atoms with Gasteiger partial charge >= 0.3 is 0 Å². The van der Waals surface area contributed by atoms with Crippen molar-refractivity contribution in [3.8, 4) is 11.5 Å². The van der Waals surface area contributed by atoms with Gasteiger partial charge in [-0.1, -0.05) is 24.6 Å². The molecule has 0 aliphatic carbocycles. The average Bonchev–Trinajstić information content (AvgIpc) is 3.21. The zero-order valence-corrected chi connectivity index (χ0v) is 17.8. The van der Waals surface area contributed by atoms with Gasteiger partial charge in [-0.25, -0.2) is 12.8 Å². The Bertz CT molecular complexity index is 1130. The summed E-state index contributed by atoms with van der Waals surface area (Å²) in [6.45, 7) is 7.90. The molecule has 3 aromatic rings. The standard InChI is InChI=1S/C22H24FN3O3S/c1-3-25-11-13-26(14-12-25)22-21(30(27,28)19-9-7-18(23)8-10-19)24-20(29-22)17-6-4-5-16(2)15-17/h4-10,15H,3,11-14H2,1-2H3. The van der Waals surface area contributed by atoms with E-state index in [1.165, 1.54) is 12.1 Å². The highest BCUT2D eigenvalue weighted by Gasteiger charge is 2.32. The van der Waals surface area contributed by atoms with Gasteiger partial charge in [-0.05, 0) is 49.9 Å². The topological polar surface area (TPSA) is 66.7 Å². The zero-order chi connectivity index (χ0) is 21.3. The second-order valence-corrected chi connectivity index (χ2v) is 9.24. The molecule has 0 atom stereocenters. The van der Waals surface area contributed by atoms with Gasteiger partial charge in [-0.15, -0.1) is 0 Å². The monoisotopic (exact) mass is 429 g/mol. The minimum absolute atomic E-state index is 0.0126. The highest BCUT2D eigenvalue weighted by Crippen LogP contribution is 2.35. The minimum atomic E-state index is -3.98. The lowest BCUT2D eigenvalue weighted by atomic mass is 10.1. The Hall–Kier alpha value is -2.71. The normalized spacial score (nSPS) is 15.5. The van der Waals surface area contributed by atoms with E-state index < -0.39 is 15.7 Å². The van der Waals surface area contributed by atoms with Crippen molar-refractivity contribution < 1.29 is 17.2 Å². The summed E-state index contributed by atoms with van der Waals surface area (Å²) in [5.41, 5.74) is 1.73. The zero-order valence-electron chi connectivity index (χ0n) is 17.0. The second-order valence-electron chi connectivity index (χ2n) is 7.38. The molecule has 2 heterocycles. The predicted octanol–water partition coefficient (Wildman–Crippen LogP) is 3.76. The summed E-state index contributed by atoms with van der Waals surface area (Å²) < 4.78 is 46.1. The minimum Gasteiger partial charge on any atom is -0.419 e. The maximum Gasteiger partial charge on any atom is 0.236 e. The van der Waals surface area contributed by atoms with E-state index in [1.807, 2.05) is 36.1 Å². The maximum absolute atomic E-state index is 13.4. The smallest absolute Gasteiger partial charge is 0.236 e. The molecule has 0 unspecified atom stereocenters. The Morgan fingerprint density at radius 3 is 2.40 bits per heavy atom. The molecule has 158 valence electrons. The van der Waals surface area contributed by atoms with Gasteiger partial charge < -0.3 is 14.2 Å². The van der Waals surface area contributed by atoms with Crippen LogP contribution in [0.25, 0.3) is 11.5 Å². The number of benzene rings is 2. The molecular weight excluding hydrogens is 405 g/mol. The molecule has 1 saturated heterocycles. The van der Waals surface area contributed by atoms with Crippen LogP contribution in [0.1, 0.15) is 12.5 Å². The van der Waals surface area contributed by atoms with Crippen LogP contribution in [0.5, 0.6) is 0 Å². The number of aromatic nitrogens is 1. The van der Waals surface area contributed by atoms with Crippen molar-refractivity contribution in [2.45, 2.75) is 23.8 Å². The van der Waals surface area contributed by atoms with E-state index >= 15 is 0 Å². The SMILES string of the molecule is CCN1CCN(c2oc(-c3cccc(C)c3)nc2S(=O)(=O)c2ccc(F)cc2)CC1. The Morgan fingerprint density at radius 2 is 1.77 bits per heavy atom. The van der Waals surface area contributed by atoms with Gasteiger partial charge in [0, 0.05) is 31.7 Å². The fourth-order valence-electron chi connectivity index (χ4n) is 3.57. The predicted molar refractivity (Wildman–Crippen MR) is 113 cm³/mol. The highest BCUT2D eigenvalue weighted by molar-refractivity contribution is 7.91. The highest BCUT2D eigenvalue weighted by atomic mass is 32.2. The van der Waals surface area contributed by atoms with Gasteiger partial charge in [-0.2, -0.15) is 4.98 Å². The fourth-order valence-corrected chi connectivity index (χ4v) is 4.89. The summed E-state index contributed by atoms with van der Waals surface area (Å²) in [7, 11) is -3.98. The van der Waals surface area contributed by atoms with Crippen molar-refractivity contribution in [2.24, 2.45) is 0 Å². The van der Waals surface area contributed by atoms with Crippen LogP contribution in [0.15, 0.2) is 62.9 Å². The van der Waals surface area contributed by atoms with E-state index in [9.17, 15) is 12.8 Å². The molecule has 0 amide bonds. The van der Waals surface area contributed by atoms with Crippen LogP contribution >= 0.6 is 0 Å². The molecule has 1 aliphatic heterocycles. The molecule has 4 rings (SSSR count). The van der Waals surface area contributed by atoms with Crippen LogP contribution in [0.4, 0.5) is 10.3 Å². The summed E-state index contributed by atoms with van der Waals surface area (Å²) in [6.07, 6.45) is 0. The fraction of sp³-hybridized carbons (Fsp3) is 0.318. The molecule has 8 heteroatoms. The van der Waals surface area contributed by atoms with E-state index in [-0.39, 0.29) is 21.7 Å². The van der Waals surface area contributed by atoms with Crippen molar-refractivity contribution in [3.05, 3.63) is 59.9 Å². The number of piperazine rings is 1. The number of aryl methyl sites for hydroxylation is 1. The summed E-state index contributed by atoms with van der Waals surface area (Å²) in [4.78, 5) is 8.61. The third kappa shape index (κ3) is 3.97. The summed E-state index contributed by atoms with van der Waals surface area (Å²) >= 11 is 0. The maximum atomic E-state index is 13.4. The first-order valence-electron chi connectivity index (χ1n) is 9.94. The van der Waals surface area contributed by atoms with E-state index in [1.54, 1.807) is 0 Å². The number of likely N-dealkylation sites (N-methyl/N-ethyl adjacent to an activating group) is 1. The van der Waals surface area contributed by atoms with E-state index in [4.69, 9.17) is 4.42 Å². The number of halogens is 1. The van der Waals surface area contributed by atoms with Gasteiger partial charge in [0.05, 0.1) is 4.90 Å². The first-order valence-corrected chi connectivity index (χ1v) is 11.4. The summed E-state index contributed by atoms with van der Waals surface area (Å²) in [5.74, 6) is 0.00403. The van der Waals surface area contributed by atoms with Crippen LogP contribution in [0.3, 0.4) is 0 Å². The van der Waals surface area contributed by atoms with Gasteiger partial charge in [0.1, 0.15) is 5.82 Å². The van der Waals surface area contributed by atoms with Gasteiger partial charge in [0.15, 0.2) is 0 Å². The molecule has 0 spiro atoms. The molecule has 0 bridgehead atoms. The van der Waals surface area contributed by atoms with Crippen molar-refractivity contribution in [2.75, 3.05) is 37.6 Å². The molecular formula is C22H24FN3O3S. The van der Waals surface area contributed by atoms with Crippen molar-refractivity contribution in [1.29, 1.82) is 0 Å². The Morgan fingerprint density at radius 1 is 1.07 bits per heavy atom. The largest absolute Gasteiger partial charge is 0.419 e. The second kappa shape index (κ2) is 8.20. The number of hydrogen-bond donors (Lipinski definition) is 0. The van der Waals surface area contributed by atoms with E-state index in [2.05, 4.69) is 16.8 Å². The average molecular weight is 430 g/mol. The number of hydrogen-bond acceptors (Lipinski definition) is 6. The lowest BCUT2D eigenvalue weighted by molar-refractivity contribution is 0.266. The lowest BCUT2D eigenvalue weighted by Gasteiger charge is -2.33. The van der Waals surface area contributed by atoms with Gasteiger partial charge in [0.25, 0.3) is 0 Å². The molecule has 1 aromatic heterocycles. The molecule has 1 aliphatic rings. The van der Waals surface area contributed by atoms with Gasteiger partial charge in [0.2, 0.25) is 26.6 Å².